The van der Waals surface area contributed by atoms with Gasteiger partial charge >= 0.3 is 11.8 Å². The fourth-order valence-corrected chi connectivity index (χ4v) is 2.83. The van der Waals surface area contributed by atoms with E-state index in [-0.39, 0.29) is 82.3 Å². The van der Waals surface area contributed by atoms with Gasteiger partial charge in [0.05, 0.1) is 5.39 Å². The van der Waals surface area contributed by atoms with Gasteiger partial charge in [0.1, 0.15) is 22.5 Å². The first-order chi connectivity index (χ1) is 11.8. The number of halogens is 3. The summed E-state index contributed by atoms with van der Waals surface area (Å²) >= 11 is 0. The summed E-state index contributed by atoms with van der Waals surface area (Å²) in [6, 6.07) is 9.39. The molecule has 0 bridgehead atoms. The first-order valence-corrected chi connectivity index (χ1v) is 7.00. The van der Waals surface area contributed by atoms with Crippen LogP contribution in [0, 0.1) is 49.4 Å². The molecule has 2 aromatic carbocycles. The molecule has 5 N–H and O–H groups in total. The van der Waals surface area contributed by atoms with Crippen molar-refractivity contribution >= 4 is 38.7 Å². The van der Waals surface area contributed by atoms with Crippen LogP contribution in [0.15, 0.2) is 50.0 Å². The van der Waals surface area contributed by atoms with E-state index < -0.39 is 28.9 Å². The van der Waals surface area contributed by atoms with Crippen LogP contribution in [0.1, 0.15) is 10.4 Å². The molecule has 0 aliphatic heterocycles. The van der Waals surface area contributed by atoms with Crippen LogP contribution < -0.4 is 5.63 Å². The van der Waals surface area contributed by atoms with Crippen molar-refractivity contribution in [1.29, 1.82) is 0 Å². The summed E-state index contributed by atoms with van der Waals surface area (Å²) in [6.07, 6.45) is -5.33. The van der Waals surface area contributed by atoms with Crippen molar-refractivity contribution < 1.29 is 92.2 Å². The molecule has 1 radical (unpaired) electrons. The smallest absolute Gasteiger partial charge is 0.455 e. The van der Waals surface area contributed by atoms with E-state index in [9.17, 15) is 27.9 Å². The van der Waals surface area contributed by atoms with Gasteiger partial charge in [-0.25, -0.2) is 4.79 Å². The third-order valence-corrected chi connectivity index (χ3v) is 3.87. The van der Waals surface area contributed by atoms with Crippen LogP contribution in [0.5, 0.6) is 5.75 Å². The molecule has 0 fully saturated rings. The molecule has 11 heteroatoms. The summed E-state index contributed by atoms with van der Waals surface area (Å²) < 4.78 is 48.6. The average molecular weight is 536 g/mol. The van der Waals surface area contributed by atoms with E-state index in [1.807, 2.05) is 0 Å². The van der Waals surface area contributed by atoms with Crippen molar-refractivity contribution in [2.45, 2.75) is 6.18 Å². The first-order valence-electron chi connectivity index (χ1n) is 7.00. The van der Waals surface area contributed by atoms with E-state index in [1.165, 1.54) is 12.1 Å². The summed E-state index contributed by atoms with van der Waals surface area (Å²) in [5.41, 5.74) is -2.46. The molecule has 0 saturated heterocycles. The molecule has 2 heterocycles. The number of furan rings is 1. The summed E-state index contributed by atoms with van der Waals surface area (Å²) in [5, 5.41) is 10.9. The second-order valence-electron chi connectivity index (χ2n) is 5.35. The standard InChI is InChI=1S/C17H7F3O5.Eu.2H2O/c18-17(19,20)15(22)13-14(21)12-10(25-16(13)23)6-5-9-11(12)7-3-1-2-4-8(7)24-9;;;/h1-6,21H;;2*1H2. The molecule has 0 spiro atoms. The van der Waals surface area contributed by atoms with Crippen LogP contribution in [0.4, 0.5) is 13.2 Å². The normalized spacial score (nSPS) is 11.0. The number of alkyl halides is 3. The maximum absolute atomic E-state index is 12.7. The minimum Gasteiger partial charge on any atom is -0.506 e. The van der Waals surface area contributed by atoms with Crippen molar-refractivity contribution in [2.24, 2.45) is 0 Å². The maximum Gasteiger partial charge on any atom is 0.455 e. The number of carbonyl (C=O) groups is 1. The van der Waals surface area contributed by atoms with E-state index in [1.54, 1.807) is 24.3 Å². The van der Waals surface area contributed by atoms with Gasteiger partial charge in [0.25, 0.3) is 5.78 Å². The topological polar surface area (TPSA) is 144 Å². The predicted molar refractivity (Wildman–Crippen MR) is 89.0 cm³/mol. The number of rotatable bonds is 1. The van der Waals surface area contributed by atoms with Gasteiger partial charge in [-0.2, -0.15) is 13.2 Å². The largest absolute Gasteiger partial charge is 0.506 e. The van der Waals surface area contributed by atoms with Crippen LogP contribution in [-0.2, 0) is 0 Å². The van der Waals surface area contributed by atoms with Crippen LogP contribution in [0.2, 0.25) is 0 Å². The average Bonchev–Trinajstić information content (AvgIpc) is 2.92. The predicted octanol–water partition coefficient (Wildman–Crippen LogP) is 2.49. The minimum absolute atomic E-state index is 0. The van der Waals surface area contributed by atoms with Gasteiger partial charge in [-0.3, -0.25) is 4.79 Å². The van der Waals surface area contributed by atoms with Crippen LogP contribution >= 0.6 is 0 Å². The number of fused-ring (bicyclic) bond motifs is 5. The van der Waals surface area contributed by atoms with Gasteiger partial charge in [-0.15, -0.1) is 0 Å². The summed E-state index contributed by atoms with van der Waals surface area (Å²) in [6.45, 7) is 0. The minimum atomic E-state index is -5.33. The Kier molecular flexibility index (Phi) is 7.19. The maximum atomic E-state index is 12.7. The number of para-hydroxylation sites is 1. The van der Waals surface area contributed by atoms with Crippen molar-refractivity contribution in [3.05, 3.63) is 52.4 Å². The zero-order valence-electron chi connectivity index (χ0n) is 13.6. The Bertz CT molecular complexity index is 1240. The number of ketones is 1. The van der Waals surface area contributed by atoms with Gasteiger partial charge in [0.15, 0.2) is 5.56 Å². The van der Waals surface area contributed by atoms with Gasteiger partial charge in [-0.05, 0) is 18.2 Å². The van der Waals surface area contributed by atoms with E-state index in [0.29, 0.717) is 11.0 Å². The van der Waals surface area contributed by atoms with Gasteiger partial charge in [0.2, 0.25) is 0 Å². The number of carbonyl (C=O) groups excluding carboxylic acids is 1. The monoisotopic (exact) mass is 537 g/mol. The van der Waals surface area contributed by atoms with E-state index >= 15 is 0 Å². The van der Waals surface area contributed by atoms with E-state index in [4.69, 9.17) is 8.83 Å². The van der Waals surface area contributed by atoms with Gasteiger partial charge in [0, 0.05) is 60.1 Å². The van der Waals surface area contributed by atoms with Crippen LogP contribution in [0.25, 0.3) is 32.9 Å². The van der Waals surface area contributed by atoms with Crippen molar-refractivity contribution in [3.8, 4) is 5.75 Å². The molecule has 0 amide bonds. The van der Waals surface area contributed by atoms with Crippen molar-refractivity contribution in [1.82, 2.24) is 0 Å². The molecule has 4 aromatic rings. The molecule has 28 heavy (non-hydrogen) atoms. The van der Waals surface area contributed by atoms with E-state index in [2.05, 4.69) is 0 Å². The second-order valence-corrected chi connectivity index (χ2v) is 5.35. The van der Waals surface area contributed by atoms with Gasteiger partial charge < -0.3 is 24.9 Å². The Morgan fingerprint density at radius 3 is 2.07 bits per heavy atom. The zero-order valence-corrected chi connectivity index (χ0v) is 16.0. The third-order valence-electron chi connectivity index (χ3n) is 3.87. The number of Topliss-reactive ketones (excluding diaryl/α,β-unsaturated/α-hetero) is 1. The quantitative estimate of drug-likeness (QED) is 0.294. The van der Waals surface area contributed by atoms with Crippen molar-refractivity contribution in [3.63, 3.8) is 0 Å². The summed E-state index contributed by atoms with van der Waals surface area (Å²) in [5.74, 6) is -3.55. The Labute approximate surface area is 193 Å². The second kappa shape index (κ2) is 8.30. The summed E-state index contributed by atoms with van der Waals surface area (Å²) in [4.78, 5) is 23.3. The molecule has 0 atom stereocenters. The molecule has 0 saturated carbocycles. The number of benzene rings is 2. The van der Waals surface area contributed by atoms with Crippen molar-refractivity contribution in [2.75, 3.05) is 0 Å². The first kappa shape index (κ1) is 24.3. The Morgan fingerprint density at radius 2 is 1.46 bits per heavy atom. The molecule has 0 unspecified atom stereocenters. The number of hydrogen-bond acceptors (Lipinski definition) is 5. The third kappa shape index (κ3) is 3.60. The zero-order chi connectivity index (χ0) is 17.9. The Balaban J connectivity index is 0.00000131. The molecule has 0 aliphatic rings. The molecule has 7 nitrogen and oxygen atoms in total. The molecular weight excluding hydrogens is 525 g/mol. The molecule has 149 valence electrons. The number of hydrogen-bond donors (Lipinski definition) is 1. The number of aromatic hydroxyl groups is 1. The fourth-order valence-electron chi connectivity index (χ4n) is 2.83. The molecular formula is C17H11EuF3O7. The Hall–Kier alpha value is -1.79. The molecule has 4 rings (SSSR count). The van der Waals surface area contributed by atoms with Gasteiger partial charge in [-0.1, -0.05) is 18.2 Å². The SMILES string of the molecule is O.O.O=C(c1c(O)c2c(ccc3oc4ccccc4c32)oc1=O)C(F)(F)F.[Eu]. The summed E-state index contributed by atoms with van der Waals surface area (Å²) in [7, 11) is 0. The molecule has 0 aliphatic carbocycles. The van der Waals surface area contributed by atoms with Crippen LogP contribution in [0.3, 0.4) is 0 Å². The Morgan fingerprint density at radius 1 is 0.893 bits per heavy atom. The van der Waals surface area contributed by atoms with E-state index in [0.717, 1.165) is 0 Å². The fraction of sp³-hybridized carbons (Fsp3) is 0.0588. The molecule has 2 aromatic heterocycles. The van der Waals surface area contributed by atoms with Crippen LogP contribution in [-0.4, -0.2) is 28.0 Å².